The first-order chi connectivity index (χ1) is 6.75. The number of aromatic nitrogens is 2. The SMILES string of the molecule is Cc1ccnc(-c2cc(C)ccn2)c1.[Fe+2]. The number of pyridine rings is 2. The third-order valence-electron chi connectivity index (χ3n) is 2.09. The van der Waals surface area contributed by atoms with Crippen LogP contribution in [0.25, 0.3) is 11.4 Å². The van der Waals surface area contributed by atoms with Crippen molar-refractivity contribution in [1.82, 2.24) is 9.97 Å². The quantitative estimate of drug-likeness (QED) is 0.716. The van der Waals surface area contributed by atoms with Gasteiger partial charge in [0.15, 0.2) is 0 Å². The molecule has 2 heterocycles. The van der Waals surface area contributed by atoms with E-state index >= 15 is 0 Å². The molecule has 0 radical (unpaired) electrons. The molecule has 0 fully saturated rings. The van der Waals surface area contributed by atoms with E-state index in [4.69, 9.17) is 0 Å². The van der Waals surface area contributed by atoms with Crippen LogP contribution in [0.2, 0.25) is 0 Å². The van der Waals surface area contributed by atoms with Gasteiger partial charge in [-0.15, -0.1) is 0 Å². The van der Waals surface area contributed by atoms with E-state index in [2.05, 4.69) is 23.8 Å². The molecule has 0 aliphatic carbocycles. The standard InChI is InChI=1S/C12H12N2.Fe/c1-9-3-5-13-11(7-9)12-8-10(2)4-6-14-12;/h3-8H,1-2H3;/q;+2. The minimum atomic E-state index is 0. The minimum Gasteiger partial charge on any atom is -0.255 e. The number of hydrogen-bond donors (Lipinski definition) is 0. The second-order valence-corrected chi connectivity index (χ2v) is 3.44. The fraction of sp³-hybridized carbons (Fsp3) is 0.167. The molecule has 0 saturated heterocycles. The van der Waals surface area contributed by atoms with E-state index < -0.39 is 0 Å². The maximum atomic E-state index is 4.29. The van der Waals surface area contributed by atoms with E-state index in [-0.39, 0.29) is 17.1 Å². The predicted molar refractivity (Wildman–Crippen MR) is 56.9 cm³/mol. The fourth-order valence-electron chi connectivity index (χ4n) is 1.35. The Hall–Kier alpha value is -1.18. The van der Waals surface area contributed by atoms with Crippen molar-refractivity contribution in [3.05, 3.63) is 47.8 Å². The van der Waals surface area contributed by atoms with Crippen LogP contribution in [0.4, 0.5) is 0 Å². The molecule has 2 nitrogen and oxygen atoms in total. The number of aryl methyl sites for hydroxylation is 2. The molecule has 0 saturated carbocycles. The first kappa shape index (κ1) is 11.9. The molecule has 76 valence electrons. The topological polar surface area (TPSA) is 25.8 Å². The molecule has 0 spiro atoms. The molecular formula is C12H12FeN2+2. The van der Waals surface area contributed by atoms with E-state index in [0.29, 0.717) is 0 Å². The van der Waals surface area contributed by atoms with Crippen LogP contribution in [-0.2, 0) is 17.1 Å². The van der Waals surface area contributed by atoms with Gasteiger partial charge in [-0.1, -0.05) is 0 Å². The maximum Gasteiger partial charge on any atom is 2.00 e. The van der Waals surface area contributed by atoms with Crippen molar-refractivity contribution in [3.63, 3.8) is 0 Å². The number of rotatable bonds is 1. The van der Waals surface area contributed by atoms with Crippen molar-refractivity contribution < 1.29 is 17.1 Å². The van der Waals surface area contributed by atoms with Crippen molar-refractivity contribution in [2.45, 2.75) is 13.8 Å². The summed E-state index contributed by atoms with van der Waals surface area (Å²) >= 11 is 0. The third-order valence-corrected chi connectivity index (χ3v) is 2.09. The number of hydrogen-bond acceptors (Lipinski definition) is 2. The first-order valence-corrected chi connectivity index (χ1v) is 4.61. The molecule has 15 heavy (non-hydrogen) atoms. The summed E-state index contributed by atoms with van der Waals surface area (Å²) in [5.41, 5.74) is 4.29. The molecule has 2 aromatic rings. The minimum absolute atomic E-state index is 0. The number of nitrogens with zero attached hydrogens (tertiary/aromatic N) is 2. The zero-order valence-corrected chi connectivity index (χ0v) is 9.82. The Morgan fingerprint density at radius 3 is 1.53 bits per heavy atom. The normalized spacial score (nSPS) is 9.47. The van der Waals surface area contributed by atoms with Crippen LogP contribution in [0, 0.1) is 13.8 Å². The van der Waals surface area contributed by atoms with Crippen molar-refractivity contribution in [3.8, 4) is 11.4 Å². The summed E-state index contributed by atoms with van der Waals surface area (Å²) in [5, 5.41) is 0. The van der Waals surface area contributed by atoms with Gasteiger partial charge in [-0.3, -0.25) is 9.97 Å². The molecule has 0 aliphatic rings. The van der Waals surface area contributed by atoms with Gasteiger partial charge in [-0.25, -0.2) is 0 Å². The maximum absolute atomic E-state index is 4.29. The monoisotopic (exact) mass is 240 g/mol. The summed E-state index contributed by atoms with van der Waals surface area (Å²) in [6, 6.07) is 8.06. The van der Waals surface area contributed by atoms with Gasteiger partial charge in [-0.05, 0) is 49.2 Å². The first-order valence-electron chi connectivity index (χ1n) is 4.61. The Kier molecular flexibility index (Phi) is 4.01. The second-order valence-electron chi connectivity index (χ2n) is 3.44. The largest absolute Gasteiger partial charge is 2.00 e. The van der Waals surface area contributed by atoms with Gasteiger partial charge >= 0.3 is 17.1 Å². The molecule has 0 atom stereocenters. The Bertz CT molecular complexity index is 411. The van der Waals surface area contributed by atoms with Crippen molar-refractivity contribution in [2.24, 2.45) is 0 Å². The summed E-state index contributed by atoms with van der Waals surface area (Å²) in [7, 11) is 0. The second kappa shape index (κ2) is 5.06. The van der Waals surface area contributed by atoms with Gasteiger partial charge in [0.05, 0.1) is 11.4 Å². The molecule has 0 aliphatic heterocycles. The molecule has 0 bridgehead atoms. The summed E-state index contributed by atoms with van der Waals surface area (Å²) in [6.45, 7) is 4.11. The molecular weight excluding hydrogens is 228 g/mol. The van der Waals surface area contributed by atoms with E-state index in [0.717, 1.165) is 11.4 Å². The van der Waals surface area contributed by atoms with Crippen molar-refractivity contribution in [2.75, 3.05) is 0 Å². The van der Waals surface area contributed by atoms with Crippen LogP contribution in [-0.4, -0.2) is 9.97 Å². The Morgan fingerprint density at radius 1 is 0.800 bits per heavy atom. The van der Waals surface area contributed by atoms with E-state index in [1.807, 2.05) is 36.7 Å². The van der Waals surface area contributed by atoms with Gasteiger partial charge in [0, 0.05) is 12.4 Å². The molecule has 0 N–H and O–H groups in total. The van der Waals surface area contributed by atoms with Crippen LogP contribution >= 0.6 is 0 Å². The average molecular weight is 240 g/mol. The molecule has 0 aromatic carbocycles. The van der Waals surface area contributed by atoms with E-state index in [9.17, 15) is 0 Å². The molecule has 0 unspecified atom stereocenters. The van der Waals surface area contributed by atoms with Crippen LogP contribution < -0.4 is 0 Å². The summed E-state index contributed by atoms with van der Waals surface area (Å²) < 4.78 is 0. The van der Waals surface area contributed by atoms with Gasteiger partial charge in [0.25, 0.3) is 0 Å². The Morgan fingerprint density at radius 2 is 1.20 bits per heavy atom. The van der Waals surface area contributed by atoms with Crippen LogP contribution in [0.15, 0.2) is 36.7 Å². The van der Waals surface area contributed by atoms with Gasteiger partial charge in [0.1, 0.15) is 0 Å². The zero-order valence-electron chi connectivity index (χ0n) is 8.71. The molecule has 2 rings (SSSR count). The van der Waals surface area contributed by atoms with Gasteiger partial charge < -0.3 is 0 Å². The smallest absolute Gasteiger partial charge is 0.255 e. The van der Waals surface area contributed by atoms with Crippen LogP contribution in [0.1, 0.15) is 11.1 Å². The van der Waals surface area contributed by atoms with Gasteiger partial charge in [-0.2, -0.15) is 0 Å². The zero-order chi connectivity index (χ0) is 9.97. The van der Waals surface area contributed by atoms with E-state index in [1.165, 1.54) is 11.1 Å². The molecule has 0 amide bonds. The van der Waals surface area contributed by atoms with E-state index in [1.54, 1.807) is 0 Å². The summed E-state index contributed by atoms with van der Waals surface area (Å²) in [5.74, 6) is 0. The van der Waals surface area contributed by atoms with Crippen molar-refractivity contribution in [1.29, 1.82) is 0 Å². The van der Waals surface area contributed by atoms with Crippen LogP contribution in [0.3, 0.4) is 0 Å². The van der Waals surface area contributed by atoms with Crippen molar-refractivity contribution >= 4 is 0 Å². The Labute approximate surface area is 100 Å². The molecule has 3 heteroatoms. The third kappa shape index (κ3) is 2.88. The molecule has 2 aromatic heterocycles. The summed E-state index contributed by atoms with van der Waals surface area (Å²) in [4.78, 5) is 8.58. The van der Waals surface area contributed by atoms with Crippen LogP contribution in [0.5, 0.6) is 0 Å². The fourth-order valence-corrected chi connectivity index (χ4v) is 1.35. The Balaban J connectivity index is 0.00000112. The van der Waals surface area contributed by atoms with Gasteiger partial charge in [0.2, 0.25) is 0 Å². The average Bonchev–Trinajstić information content (AvgIpc) is 2.18. The summed E-state index contributed by atoms with van der Waals surface area (Å²) in [6.07, 6.45) is 3.63. The predicted octanol–water partition coefficient (Wildman–Crippen LogP) is 2.76.